The second-order valence-electron chi connectivity index (χ2n) is 9.07. The highest BCUT2D eigenvalue weighted by molar-refractivity contribution is 5.89. The van der Waals surface area contributed by atoms with Gasteiger partial charge in [0.1, 0.15) is 5.75 Å². The second kappa shape index (κ2) is 8.22. The minimum absolute atomic E-state index is 0.0196. The minimum Gasteiger partial charge on any atom is -0.497 e. The van der Waals surface area contributed by atoms with Crippen molar-refractivity contribution in [1.29, 1.82) is 0 Å². The molecule has 1 amide bonds. The van der Waals surface area contributed by atoms with Gasteiger partial charge in [0.2, 0.25) is 5.91 Å². The van der Waals surface area contributed by atoms with Crippen molar-refractivity contribution in [1.82, 2.24) is 19.8 Å². The molecule has 4 heterocycles. The monoisotopic (exact) mass is 434 g/mol. The summed E-state index contributed by atoms with van der Waals surface area (Å²) in [6.45, 7) is 4.96. The van der Waals surface area contributed by atoms with Crippen molar-refractivity contribution in [2.75, 3.05) is 33.4 Å². The predicted molar refractivity (Wildman–Crippen MR) is 122 cm³/mol. The van der Waals surface area contributed by atoms with Crippen molar-refractivity contribution in [2.24, 2.45) is 0 Å². The first-order valence-corrected chi connectivity index (χ1v) is 11.3. The standard InChI is InChI=1S/C25H30N4O3/c1-3-5-22(31)29-15-25(16-29)14-28(12-17-6-4-9-26-11-17)21(13-30)24-23(25)19-8-7-18(32-2)10-20(19)27-24/h4,6-11,21,27,30H,3,5,12-16H2,1-2H3/t21-/m1/s1. The van der Waals surface area contributed by atoms with Crippen molar-refractivity contribution in [2.45, 2.75) is 37.8 Å². The largest absolute Gasteiger partial charge is 0.497 e. The van der Waals surface area contributed by atoms with Gasteiger partial charge >= 0.3 is 0 Å². The van der Waals surface area contributed by atoms with Crippen LogP contribution in [0.15, 0.2) is 42.7 Å². The number of H-pyrrole nitrogens is 1. The summed E-state index contributed by atoms with van der Waals surface area (Å²) in [7, 11) is 1.67. The Hall–Kier alpha value is -2.90. The van der Waals surface area contributed by atoms with Crippen LogP contribution in [0.25, 0.3) is 10.9 Å². The van der Waals surface area contributed by atoms with E-state index < -0.39 is 0 Å². The van der Waals surface area contributed by atoms with Crippen LogP contribution in [0.3, 0.4) is 0 Å². The number of nitrogens with zero attached hydrogens (tertiary/aromatic N) is 3. The summed E-state index contributed by atoms with van der Waals surface area (Å²) in [5.41, 5.74) is 4.26. The molecular weight excluding hydrogens is 404 g/mol. The van der Waals surface area contributed by atoms with E-state index in [4.69, 9.17) is 4.74 Å². The van der Waals surface area contributed by atoms with Crippen LogP contribution in [-0.4, -0.2) is 64.1 Å². The van der Waals surface area contributed by atoms with Crippen LogP contribution >= 0.6 is 0 Å². The highest BCUT2D eigenvalue weighted by atomic mass is 16.5. The maximum Gasteiger partial charge on any atom is 0.222 e. The molecule has 0 aliphatic carbocycles. The first kappa shape index (κ1) is 21.0. The molecule has 0 unspecified atom stereocenters. The van der Waals surface area contributed by atoms with E-state index in [1.807, 2.05) is 36.2 Å². The number of nitrogens with one attached hydrogen (secondary N) is 1. The van der Waals surface area contributed by atoms with Crippen molar-refractivity contribution in [3.05, 3.63) is 59.5 Å². The normalized spacial score (nSPS) is 19.7. The zero-order valence-electron chi connectivity index (χ0n) is 18.7. The summed E-state index contributed by atoms with van der Waals surface area (Å²) in [6, 6.07) is 9.97. The number of carbonyl (C=O) groups excluding carboxylic acids is 1. The molecule has 1 fully saturated rings. The number of benzene rings is 1. The molecule has 7 heteroatoms. The number of hydrogen-bond donors (Lipinski definition) is 2. The molecule has 1 aromatic carbocycles. The van der Waals surface area contributed by atoms with Crippen LogP contribution in [0.4, 0.5) is 0 Å². The molecule has 0 saturated carbocycles. The second-order valence-corrected chi connectivity index (χ2v) is 9.07. The Kier molecular flexibility index (Phi) is 5.39. The number of hydrogen-bond acceptors (Lipinski definition) is 5. The summed E-state index contributed by atoms with van der Waals surface area (Å²) >= 11 is 0. The van der Waals surface area contributed by atoms with E-state index in [1.54, 1.807) is 13.3 Å². The SMILES string of the molecule is CCCC(=O)N1CC2(C1)CN(Cc1cccnc1)[C@H](CO)c1[nH]c3cc(OC)ccc3c12. The quantitative estimate of drug-likeness (QED) is 0.623. The molecule has 0 radical (unpaired) electrons. The first-order chi connectivity index (χ1) is 15.6. The number of likely N-dealkylation sites (tertiary alicyclic amines) is 1. The van der Waals surface area contributed by atoms with Crippen LogP contribution in [0.2, 0.25) is 0 Å². The van der Waals surface area contributed by atoms with Crippen molar-refractivity contribution in [3.63, 3.8) is 0 Å². The molecule has 7 nitrogen and oxygen atoms in total. The first-order valence-electron chi connectivity index (χ1n) is 11.3. The van der Waals surface area contributed by atoms with Gasteiger partial charge in [-0.05, 0) is 35.7 Å². The lowest BCUT2D eigenvalue weighted by molar-refractivity contribution is -0.141. The number of aliphatic hydroxyl groups excluding tert-OH is 1. The number of aromatic nitrogens is 2. The predicted octanol–water partition coefficient (Wildman–Crippen LogP) is 3.00. The van der Waals surface area contributed by atoms with E-state index >= 15 is 0 Å². The summed E-state index contributed by atoms with van der Waals surface area (Å²) < 4.78 is 5.44. The van der Waals surface area contributed by atoms with Crippen LogP contribution < -0.4 is 4.74 Å². The molecule has 168 valence electrons. The summed E-state index contributed by atoms with van der Waals surface area (Å²) in [5, 5.41) is 11.6. The van der Waals surface area contributed by atoms with Gasteiger partial charge in [-0.15, -0.1) is 0 Å². The van der Waals surface area contributed by atoms with Gasteiger partial charge in [0.05, 0.1) is 19.8 Å². The molecule has 0 bridgehead atoms. The zero-order valence-corrected chi connectivity index (χ0v) is 18.7. The Labute approximate surface area is 188 Å². The summed E-state index contributed by atoms with van der Waals surface area (Å²) in [6.07, 6.45) is 5.11. The third kappa shape index (κ3) is 3.36. The van der Waals surface area contributed by atoms with Gasteiger partial charge in [-0.1, -0.05) is 13.0 Å². The van der Waals surface area contributed by atoms with E-state index in [0.717, 1.165) is 40.9 Å². The lowest BCUT2D eigenvalue weighted by atomic mass is 9.68. The van der Waals surface area contributed by atoms with E-state index in [2.05, 4.69) is 27.0 Å². The molecule has 2 N–H and O–H groups in total. The highest BCUT2D eigenvalue weighted by Crippen LogP contribution is 2.49. The Balaban J connectivity index is 1.58. The number of aliphatic hydroxyl groups is 1. The highest BCUT2D eigenvalue weighted by Gasteiger charge is 2.53. The number of aromatic amines is 1. The Morgan fingerprint density at radius 1 is 1.31 bits per heavy atom. The molecule has 1 atom stereocenters. The average Bonchev–Trinajstić information content (AvgIpc) is 3.16. The van der Waals surface area contributed by atoms with Crippen molar-refractivity contribution >= 4 is 16.8 Å². The lowest BCUT2D eigenvalue weighted by Gasteiger charge is -2.56. The third-order valence-corrected chi connectivity index (χ3v) is 6.93. The number of rotatable bonds is 6. The van der Waals surface area contributed by atoms with E-state index in [0.29, 0.717) is 26.1 Å². The maximum atomic E-state index is 12.6. The van der Waals surface area contributed by atoms with E-state index in [9.17, 15) is 9.90 Å². The van der Waals surface area contributed by atoms with Gasteiger partial charge in [0, 0.05) is 73.1 Å². The van der Waals surface area contributed by atoms with Crippen LogP contribution in [0, 0.1) is 0 Å². The molecule has 1 saturated heterocycles. The van der Waals surface area contributed by atoms with E-state index in [-0.39, 0.29) is 24.0 Å². The summed E-state index contributed by atoms with van der Waals surface area (Å²) in [4.78, 5) is 24.8. The van der Waals surface area contributed by atoms with Crippen LogP contribution in [-0.2, 0) is 16.8 Å². The molecule has 32 heavy (non-hydrogen) atoms. The fourth-order valence-corrected chi connectivity index (χ4v) is 5.50. The van der Waals surface area contributed by atoms with Crippen molar-refractivity contribution in [3.8, 4) is 5.75 Å². The number of carbonyl (C=O) groups is 1. The lowest BCUT2D eigenvalue weighted by Crippen LogP contribution is -2.67. The van der Waals surface area contributed by atoms with E-state index in [1.165, 1.54) is 5.56 Å². The molecule has 2 aliphatic heterocycles. The fourth-order valence-electron chi connectivity index (χ4n) is 5.50. The van der Waals surface area contributed by atoms with Crippen LogP contribution in [0.1, 0.15) is 42.6 Å². The maximum absolute atomic E-state index is 12.6. The van der Waals surface area contributed by atoms with Crippen LogP contribution in [0.5, 0.6) is 5.75 Å². The Morgan fingerprint density at radius 2 is 2.16 bits per heavy atom. The average molecular weight is 435 g/mol. The van der Waals surface area contributed by atoms with Gasteiger partial charge in [0.25, 0.3) is 0 Å². The molecule has 1 spiro atoms. The van der Waals surface area contributed by atoms with Gasteiger partial charge < -0.3 is 19.7 Å². The van der Waals surface area contributed by atoms with Gasteiger partial charge in [0.15, 0.2) is 0 Å². The third-order valence-electron chi connectivity index (χ3n) is 6.93. The molecule has 2 aromatic heterocycles. The van der Waals surface area contributed by atoms with Gasteiger partial charge in [-0.2, -0.15) is 0 Å². The molecular formula is C25H30N4O3. The molecule has 3 aromatic rings. The van der Waals surface area contributed by atoms with Gasteiger partial charge in [-0.25, -0.2) is 0 Å². The Morgan fingerprint density at radius 3 is 2.84 bits per heavy atom. The number of fused-ring (bicyclic) bond motifs is 4. The van der Waals surface area contributed by atoms with Crippen molar-refractivity contribution < 1.29 is 14.6 Å². The Bertz CT molecular complexity index is 1120. The fraction of sp³-hybridized carbons (Fsp3) is 0.440. The number of pyridine rings is 1. The number of methoxy groups -OCH3 is 1. The topological polar surface area (TPSA) is 81.7 Å². The smallest absolute Gasteiger partial charge is 0.222 e. The van der Waals surface area contributed by atoms with Gasteiger partial charge in [-0.3, -0.25) is 14.7 Å². The molecule has 5 rings (SSSR count). The minimum atomic E-state index is -0.153. The number of amides is 1. The molecule has 2 aliphatic rings. The summed E-state index contributed by atoms with van der Waals surface area (Å²) in [5.74, 6) is 1.02. The zero-order chi connectivity index (χ0) is 22.3. The number of ether oxygens (including phenoxy) is 1.